The summed E-state index contributed by atoms with van der Waals surface area (Å²) in [6.45, 7) is 3.27. The summed E-state index contributed by atoms with van der Waals surface area (Å²) in [4.78, 5) is 0. The summed E-state index contributed by atoms with van der Waals surface area (Å²) in [5.74, 6) is 0. The van der Waals surface area contributed by atoms with Crippen LogP contribution in [0.1, 0.15) is 6.92 Å². The third kappa shape index (κ3) is 2.18. The van der Waals surface area contributed by atoms with Crippen LogP contribution in [0.2, 0.25) is 0 Å². The number of quaternary nitrogens is 1. The standard InChI is InChI=1S/C4H12N2/c1-4-6(3)5-2/h5H,4H2,1-3H3/p+1. The molecule has 0 aliphatic rings. The molecule has 0 aromatic carbocycles. The van der Waals surface area contributed by atoms with Gasteiger partial charge >= 0.3 is 0 Å². The molecule has 0 radical (unpaired) electrons. The van der Waals surface area contributed by atoms with E-state index in [1.807, 2.05) is 7.05 Å². The summed E-state index contributed by atoms with van der Waals surface area (Å²) in [5, 5.41) is 1.34. The van der Waals surface area contributed by atoms with Crippen LogP contribution in [0, 0.1) is 0 Å². The predicted molar refractivity (Wildman–Crippen MR) is 26.5 cm³/mol. The fraction of sp³-hybridized carbons (Fsp3) is 1.00. The van der Waals surface area contributed by atoms with Gasteiger partial charge in [0.05, 0.1) is 13.6 Å². The van der Waals surface area contributed by atoms with Crippen LogP contribution >= 0.6 is 0 Å². The fourth-order valence-electron chi connectivity index (χ4n) is 0.177. The first kappa shape index (κ1) is 5.92. The smallest absolute Gasteiger partial charge is 0.0915 e. The van der Waals surface area contributed by atoms with Gasteiger partial charge in [0.15, 0.2) is 0 Å². The molecule has 0 bridgehead atoms. The second kappa shape index (κ2) is 3.12. The van der Waals surface area contributed by atoms with E-state index in [0.717, 1.165) is 6.54 Å². The van der Waals surface area contributed by atoms with Gasteiger partial charge in [0.1, 0.15) is 0 Å². The Hall–Kier alpha value is -0.0800. The van der Waals surface area contributed by atoms with E-state index >= 15 is 0 Å². The van der Waals surface area contributed by atoms with Gasteiger partial charge in [-0.3, -0.25) is 5.01 Å². The van der Waals surface area contributed by atoms with Crippen LogP contribution in [0.5, 0.6) is 0 Å². The minimum atomic E-state index is 1.14. The molecule has 0 spiro atoms. The molecule has 2 nitrogen and oxygen atoms in total. The number of rotatable bonds is 2. The van der Waals surface area contributed by atoms with Crippen LogP contribution in [0.25, 0.3) is 0 Å². The highest BCUT2D eigenvalue weighted by atomic mass is 15.5. The molecule has 0 amide bonds. The Morgan fingerprint density at radius 2 is 2.17 bits per heavy atom. The molecule has 6 heavy (non-hydrogen) atoms. The van der Waals surface area contributed by atoms with Crippen molar-refractivity contribution in [3.63, 3.8) is 0 Å². The highest BCUT2D eigenvalue weighted by Crippen LogP contribution is 1.26. The molecule has 0 saturated carbocycles. The molecule has 2 N–H and O–H groups in total. The Morgan fingerprint density at radius 1 is 1.67 bits per heavy atom. The quantitative estimate of drug-likeness (QED) is 0.400. The van der Waals surface area contributed by atoms with Crippen molar-refractivity contribution in [3.8, 4) is 0 Å². The van der Waals surface area contributed by atoms with Gasteiger partial charge in [-0.25, -0.2) is 0 Å². The second-order valence-electron chi connectivity index (χ2n) is 1.38. The maximum atomic E-state index is 3.03. The monoisotopic (exact) mass is 89.1 g/mol. The van der Waals surface area contributed by atoms with Gasteiger partial charge < -0.3 is 0 Å². The Kier molecular flexibility index (Phi) is 3.08. The molecule has 0 aromatic heterocycles. The van der Waals surface area contributed by atoms with Gasteiger partial charge in [-0.05, 0) is 6.92 Å². The van der Waals surface area contributed by atoms with Crippen LogP contribution < -0.4 is 10.4 Å². The van der Waals surface area contributed by atoms with Gasteiger partial charge in [0.25, 0.3) is 0 Å². The Bertz CT molecular complexity index is 24.7. The second-order valence-corrected chi connectivity index (χ2v) is 1.38. The Labute approximate surface area is 39.1 Å². The van der Waals surface area contributed by atoms with Crippen LogP contribution in [0.15, 0.2) is 0 Å². The van der Waals surface area contributed by atoms with Gasteiger partial charge in [-0.2, -0.15) is 5.43 Å². The van der Waals surface area contributed by atoms with Gasteiger partial charge in [-0.1, -0.05) is 0 Å². The molecule has 0 aliphatic heterocycles. The van der Waals surface area contributed by atoms with E-state index in [-0.39, 0.29) is 0 Å². The lowest BCUT2D eigenvalue weighted by molar-refractivity contribution is -0.921. The summed E-state index contributed by atoms with van der Waals surface area (Å²) in [5.41, 5.74) is 3.03. The normalized spacial score (nSPS) is 14.5. The summed E-state index contributed by atoms with van der Waals surface area (Å²) >= 11 is 0. The van der Waals surface area contributed by atoms with Crippen LogP contribution in [0.4, 0.5) is 0 Å². The molecular weight excluding hydrogens is 76.1 g/mol. The van der Waals surface area contributed by atoms with E-state index in [1.165, 1.54) is 5.01 Å². The predicted octanol–water partition coefficient (Wildman–Crippen LogP) is -1.34. The molecule has 0 aromatic rings. The summed E-state index contributed by atoms with van der Waals surface area (Å²) in [7, 11) is 4.03. The zero-order chi connectivity index (χ0) is 4.99. The zero-order valence-corrected chi connectivity index (χ0v) is 4.71. The summed E-state index contributed by atoms with van der Waals surface area (Å²) in [6.07, 6.45) is 0. The third-order valence-corrected chi connectivity index (χ3v) is 0.957. The van der Waals surface area contributed by atoms with Crippen molar-refractivity contribution in [2.45, 2.75) is 6.92 Å². The average molecular weight is 89.2 g/mol. The minimum absolute atomic E-state index is 1.14. The van der Waals surface area contributed by atoms with Gasteiger partial charge in [0.2, 0.25) is 0 Å². The number of hydrogen-bond donors (Lipinski definition) is 2. The number of hydrogen-bond acceptors (Lipinski definition) is 1. The molecule has 2 heteroatoms. The summed E-state index contributed by atoms with van der Waals surface area (Å²) < 4.78 is 0. The lowest BCUT2D eigenvalue weighted by Crippen LogP contribution is -3.15. The van der Waals surface area contributed by atoms with E-state index in [9.17, 15) is 0 Å². The molecule has 0 saturated heterocycles. The van der Waals surface area contributed by atoms with Crippen LogP contribution in [-0.2, 0) is 0 Å². The number of nitrogens with one attached hydrogen (secondary N) is 2. The zero-order valence-electron chi connectivity index (χ0n) is 4.71. The maximum absolute atomic E-state index is 3.03. The molecule has 0 fully saturated rings. The lowest BCUT2D eigenvalue weighted by atomic mass is 10.7. The molecule has 0 rings (SSSR count). The molecule has 1 unspecified atom stereocenters. The molecule has 0 heterocycles. The topological polar surface area (TPSA) is 16.5 Å². The first-order chi connectivity index (χ1) is 2.81. The average Bonchev–Trinajstić information content (AvgIpc) is 1.65. The molecule has 38 valence electrons. The highest BCUT2D eigenvalue weighted by molar-refractivity contribution is 3.94. The van der Waals surface area contributed by atoms with Crippen LogP contribution in [0.3, 0.4) is 0 Å². The summed E-state index contributed by atoms with van der Waals surface area (Å²) in [6, 6.07) is 0. The minimum Gasteiger partial charge on any atom is -0.260 e. The Morgan fingerprint density at radius 3 is 2.17 bits per heavy atom. The van der Waals surface area contributed by atoms with Crippen molar-refractivity contribution in [2.24, 2.45) is 0 Å². The van der Waals surface area contributed by atoms with Crippen molar-refractivity contribution < 1.29 is 5.01 Å². The van der Waals surface area contributed by atoms with E-state index in [2.05, 4.69) is 19.4 Å². The van der Waals surface area contributed by atoms with Crippen molar-refractivity contribution >= 4 is 0 Å². The highest BCUT2D eigenvalue weighted by Gasteiger charge is 1.84. The Balaban J connectivity index is 2.75. The van der Waals surface area contributed by atoms with Crippen molar-refractivity contribution in [3.05, 3.63) is 0 Å². The first-order valence-electron chi connectivity index (χ1n) is 2.31. The van der Waals surface area contributed by atoms with Gasteiger partial charge in [0, 0.05) is 7.05 Å². The molecule has 0 aliphatic carbocycles. The van der Waals surface area contributed by atoms with E-state index < -0.39 is 0 Å². The third-order valence-electron chi connectivity index (χ3n) is 0.957. The van der Waals surface area contributed by atoms with Gasteiger partial charge in [-0.15, -0.1) is 0 Å². The van der Waals surface area contributed by atoms with E-state index in [1.54, 1.807) is 0 Å². The SMILES string of the molecule is CC[NH+](C)NC. The van der Waals surface area contributed by atoms with E-state index in [4.69, 9.17) is 0 Å². The van der Waals surface area contributed by atoms with E-state index in [0.29, 0.717) is 0 Å². The molecule has 1 atom stereocenters. The maximum Gasteiger partial charge on any atom is 0.0915 e. The van der Waals surface area contributed by atoms with Crippen molar-refractivity contribution in [1.82, 2.24) is 5.43 Å². The fourth-order valence-corrected chi connectivity index (χ4v) is 0.177. The first-order valence-corrected chi connectivity index (χ1v) is 2.31. The lowest BCUT2D eigenvalue weighted by Gasteiger charge is -2.05. The van der Waals surface area contributed by atoms with Crippen LogP contribution in [-0.4, -0.2) is 20.6 Å². The molecular formula is C4H13N2+. The largest absolute Gasteiger partial charge is 0.260 e. The van der Waals surface area contributed by atoms with Crippen molar-refractivity contribution in [1.29, 1.82) is 0 Å². The van der Waals surface area contributed by atoms with Crippen molar-refractivity contribution in [2.75, 3.05) is 20.6 Å².